The molecule has 0 aliphatic carbocycles. The van der Waals surface area contributed by atoms with E-state index in [4.69, 9.17) is 21.4 Å². The first kappa shape index (κ1) is 17.5. The number of hydrogen-bond acceptors (Lipinski definition) is 2. The van der Waals surface area contributed by atoms with Gasteiger partial charge in [0.1, 0.15) is 18.2 Å². The minimum absolute atomic E-state index is 0.257. The van der Waals surface area contributed by atoms with Gasteiger partial charge in [-0.25, -0.2) is 4.39 Å². The molecule has 25 heavy (non-hydrogen) atoms. The second-order valence-electron chi connectivity index (χ2n) is 5.86. The van der Waals surface area contributed by atoms with Gasteiger partial charge in [-0.05, 0) is 53.4 Å². The average molecular weight is 357 g/mol. The van der Waals surface area contributed by atoms with Crippen molar-refractivity contribution in [3.63, 3.8) is 0 Å². The quantitative estimate of drug-likeness (QED) is 0.651. The summed E-state index contributed by atoms with van der Waals surface area (Å²) in [6.07, 6.45) is 0. The van der Waals surface area contributed by atoms with Crippen molar-refractivity contribution in [1.29, 1.82) is 0 Å². The fourth-order valence-electron chi connectivity index (χ4n) is 2.69. The number of hydrogen-bond donors (Lipinski definition) is 1. The molecule has 0 fully saturated rings. The highest BCUT2D eigenvalue weighted by Crippen LogP contribution is 2.27. The van der Waals surface area contributed by atoms with Crippen LogP contribution in [-0.4, -0.2) is 5.11 Å². The number of aliphatic hydroxyl groups is 1. The number of aliphatic hydroxyl groups excluding tert-OH is 1. The fourth-order valence-corrected chi connectivity index (χ4v) is 2.92. The van der Waals surface area contributed by atoms with Crippen LogP contribution in [0, 0.1) is 12.7 Å². The van der Waals surface area contributed by atoms with Crippen molar-refractivity contribution in [1.82, 2.24) is 0 Å². The number of rotatable bonds is 5. The second kappa shape index (κ2) is 7.68. The lowest BCUT2D eigenvalue weighted by atomic mass is 9.99. The van der Waals surface area contributed by atoms with Gasteiger partial charge in [0.05, 0.1) is 6.61 Å². The monoisotopic (exact) mass is 356 g/mol. The first-order valence-corrected chi connectivity index (χ1v) is 8.32. The van der Waals surface area contributed by atoms with Gasteiger partial charge in [0, 0.05) is 16.7 Å². The lowest BCUT2D eigenvalue weighted by Crippen LogP contribution is -1.98. The zero-order valence-electron chi connectivity index (χ0n) is 13.8. The molecule has 0 aromatic heterocycles. The van der Waals surface area contributed by atoms with Crippen molar-refractivity contribution < 1.29 is 14.2 Å². The van der Waals surface area contributed by atoms with Gasteiger partial charge in [-0.2, -0.15) is 0 Å². The summed E-state index contributed by atoms with van der Waals surface area (Å²) in [5, 5.41) is 9.72. The summed E-state index contributed by atoms with van der Waals surface area (Å²) < 4.78 is 19.4. The highest BCUT2D eigenvalue weighted by Gasteiger charge is 2.06. The normalized spacial score (nSPS) is 10.7. The van der Waals surface area contributed by atoms with Crippen molar-refractivity contribution in [3.8, 4) is 16.9 Å². The van der Waals surface area contributed by atoms with E-state index in [9.17, 15) is 4.39 Å². The lowest BCUT2D eigenvalue weighted by molar-refractivity contribution is 0.273. The molecule has 0 heterocycles. The number of aryl methyl sites for hydroxylation is 1. The van der Waals surface area contributed by atoms with Crippen LogP contribution in [-0.2, 0) is 13.2 Å². The predicted molar refractivity (Wildman–Crippen MR) is 98.3 cm³/mol. The third-order valence-corrected chi connectivity index (χ3v) is 4.26. The van der Waals surface area contributed by atoms with Crippen LogP contribution in [0.3, 0.4) is 0 Å². The molecule has 0 radical (unpaired) electrons. The molecule has 0 amide bonds. The Kier molecular flexibility index (Phi) is 5.37. The Morgan fingerprint density at radius 3 is 2.60 bits per heavy atom. The molecule has 3 rings (SSSR count). The van der Waals surface area contributed by atoms with E-state index >= 15 is 0 Å². The molecular weight excluding hydrogens is 339 g/mol. The van der Waals surface area contributed by atoms with Crippen LogP contribution in [0.15, 0.2) is 60.7 Å². The maximum absolute atomic E-state index is 13.7. The summed E-state index contributed by atoms with van der Waals surface area (Å²) in [5.74, 6) is -0.0340. The second-order valence-corrected chi connectivity index (χ2v) is 6.30. The largest absolute Gasteiger partial charge is 0.489 e. The van der Waals surface area contributed by atoms with E-state index in [1.165, 1.54) is 12.1 Å². The summed E-state index contributed by atoms with van der Waals surface area (Å²) >= 11 is 6.02. The van der Waals surface area contributed by atoms with Crippen LogP contribution in [0.2, 0.25) is 5.02 Å². The maximum atomic E-state index is 13.7. The smallest absolute Gasteiger partial charge is 0.132 e. The SMILES string of the molecule is Cc1cc(Cl)ccc1-c1cccc(COc2ccc(CO)c(F)c2)c1. The van der Waals surface area contributed by atoms with Gasteiger partial charge in [0.25, 0.3) is 0 Å². The fraction of sp³-hybridized carbons (Fsp3) is 0.143. The Balaban J connectivity index is 1.77. The summed E-state index contributed by atoms with van der Waals surface area (Å²) in [6.45, 7) is 2.03. The number of halogens is 2. The molecule has 0 spiro atoms. The van der Waals surface area contributed by atoms with E-state index in [-0.39, 0.29) is 12.2 Å². The molecule has 0 aliphatic heterocycles. The van der Waals surface area contributed by atoms with Gasteiger partial charge in [0.2, 0.25) is 0 Å². The Hall–Kier alpha value is -2.36. The molecule has 1 N–H and O–H groups in total. The van der Waals surface area contributed by atoms with E-state index in [0.29, 0.717) is 17.4 Å². The molecule has 3 aromatic carbocycles. The van der Waals surface area contributed by atoms with E-state index in [1.807, 2.05) is 43.3 Å². The zero-order chi connectivity index (χ0) is 17.8. The van der Waals surface area contributed by atoms with E-state index in [1.54, 1.807) is 6.07 Å². The van der Waals surface area contributed by atoms with E-state index in [2.05, 4.69) is 6.07 Å². The zero-order valence-corrected chi connectivity index (χ0v) is 14.6. The Labute approximate surface area is 151 Å². The van der Waals surface area contributed by atoms with Gasteiger partial charge in [0.15, 0.2) is 0 Å². The Morgan fingerprint density at radius 1 is 1.04 bits per heavy atom. The molecule has 4 heteroatoms. The molecule has 128 valence electrons. The van der Waals surface area contributed by atoms with Gasteiger partial charge in [-0.1, -0.05) is 41.9 Å². The van der Waals surface area contributed by atoms with Crippen LogP contribution in [0.4, 0.5) is 4.39 Å². The average Bonchev–Trinajstić information content (AvgIpc) is 2.60. The molecule has 0 saturated heterocycles. The van der Waals surface area contributed by atoms with Gasteiger partial charge in [-0.3, -0.25) is 0 Å². The Bertz CT molecular complexity index is 893. The lowest BCUT2D eigenvalue weighted by Gasteiger charge is -2.11. The van der Waals surface area contributed by atoms with Gasteiger partial charge in [-0.15, -0.1) is 0 Å². The van der Waals surface area contributed by atoms with Crippen LogP contribution in [0.1, 0.15) is 16.7 Å². The molecular formula is C21H18ClFO2. The van der Waals surface area contributed by atoms with Crippen LogP contribution < -0.4 is 4.74 Å². The Morgan fingerprint density at radius 2 is 1.88 bits per heavy atom. The summed E-state index contributed by atoms with van der Waals surface area (Å²) in [6, 6.07) is 18.3. The highest BCUT2D eigenvalue weighted by atomic mass is 35.5. The number of ether oxygens (including phenoxy) is 1. The molecule has 0 aliphatic rings. The predicted octanol–water partition coefficient (Wildman–Crippen LogP) is 5.53. The molecule has 0 saturated carbocycles. The van der Waals surface area contributed by atoms with Crippen molar-refractivity contribution in [2.24, 2.45) is 0 Å². The summed E-state index contributed by atoms with van der Waals surface area (Å²) in [7, 11) is 0. The van der Waals surface area contributed by atoms with Crippen LogP contribution in [0.5, 0.6) is 5.75 Å². The van der Waals surface area contributed by atoms with Crippen LogP contribution in [0.25, 0.3) is 11.1 Å². The molecule has 0 bridgehead atoms. The topological polar surface area (TPSA) is 29.5 Å². The summed E-state index contributed by atoms with van der Waals surface area (Å²) in [4.78, 5) is 0. The van der Waals surface area contributed by atoms with E-state index in [0.717, 1.165) is 22.3 Å². The van der Waals surface area contributed by atoms with Crippen molar-refractivity contribution >= 4 is 11.6 Å². The third-order valence-electron chi connectivity index (χ3n) is 4.03. The van der Waals surface area contributed by atoms with Gasteiger partial charge >= 0.3 is 0 Å². The molecule has 0 atom stereocenters. The van der Waals surface area contributed by atoms with Crippen molar-refractivity contribution in [3.05, 3.63) is 88.2 Å². The van der Waals surface area contributed by atoms with Gasteiger partial charge < -0.3 is 9.84 Å². The minimum atomic E-state index is -0.467. The number of benzene rings is 3. The first-order chi connectivity index (χ1) is 12.1. The minimum Gasteiger partial charge on any atom is -0.489 e. The molecule has 0 unspecified atom stereocenters. The van der Waals surface area contributed by atoms with Crippen molar-refractivity contribution in [2.75, 3.05) is 0 Å². The van der Waals surface area contributed by atoms with Crippen molar-refractivity contribution in [2.45, 2.75) is 20.1 Å². The molecule has 3 aromatic rings. The maximum Gasteiger partial charge on any atom is 0.132 e. The van der Waals surface area contributed by atoms with Crippen LogP contribution >= 0.6 is 11.6 Å². The summed E-state index contributed by atoms with van der Waals surface area (Å²) in [5.41, 5.74) is 4.54. The molecule has 2 nitrogen and oxygen atoms in total. The third kappa shape index (κ3) is 4.19. The first-order valence-electron chi connectivity index (χ1n) is 7.94. The standard InChI is InChI=1S/C21H18ClFO2/c1-14-9-18(22)6-8-20(14)16-4-2-3-15(10-16)13-25-19-7-5-17(12-24)21(23)11-19/h2-11,24H,12-13H2,1H3. The highest BCUT2D eigenvalue weighted by molar-refractivity contribution is 6.30. The van der Waals surface area contributed by atoms with E-state index < -0.39 is 5.82 Å².